The summed E-state index contributed by atoms with van der Waals surface area (Å²) in [5.74, 6) is -0.585. The van der Waals surface area contributed by atoms with Crippen molar-refractivity contribution in [1.29, 1.82) is 0 Å². The number of halogens is 1. The Labute approximate surface area is 81.7 Å². The number of carbonyl (C=O) groups excluding carboxylic acids is 2. The van der Waals surface area contributed by atoms with E-state index in [1.54, 1.807) is 19.1 Å². The Bertz CT molecular complexity index is 358. The molecule has 3 heteroatoms. The van der Waals surface area contributed by atoms with Crippen molar-refractivity contribution in [2.45, 2.75) is 19.8 Å². The summed E-state index contributed by atoms with van der Waals surface area (Å²) in [6.07, 6.45) is 1.02. The van der Waals surface area contributed by atoms with Gasteiger partial charge in [-0.25, -0.2) is 4.39 Å². The number of carbonyl (C=O) groups is 2. The van der Waals surface area contributed by atoms with Crippen LogP contribution in [0.5, 0.6) is 0 Å². The lowest BCUT2D eigenvalue weighted by molar-refractivity contribution is -0.107. The standard InChI is InChI=1S/C11H11FO2/c1-8-4-5-9(7-10(8)12)11(14)3-2-6-13/h4-7H,2-3H2,1H3. The summed E-state index contributed by atoms with van der Waals surface area (Å²) in [5.41, 5.74) is 0.840. The second-order valence-corrected chi connectivity index (χ2v) is 3.09. The minimum atomic E-state index is -0.387. The molecule has 0 heterocycles. The molecule has 0 radical (unpaired) electrons. The van der Waals surface area contributed by atoms with Gasteiger partial charge in [-0.05, 0) is 18.6 Å². The Morgan fingerprint density at radius 3 is 2.79 bits per heavy atom. The van der Waals surface area contributed by atoms with Gasteiger partial charge in [0.1, 0.15) is 12.1 Å². The first kappa shape index (κ1) is 10.6. The van der Waals surface area contributed by atoms with Crippen molar-refractivity contribution in [3.63, 3.8) is 0 Å². The summed E-state index contributed by atoms with van der Waals surface area (Å²) in [5, 5.41) is 0. The van der Waals surface area contributed by atoms with Crippen molar-refractivity contribution in [3.8, 4) is 0 Å². The number of benzene rings is 1. The molecule has 0 fully saturated rings. The number of hydrogen-bond donors (Lipinski definition) is 0. The predicted molar refractivity (Wildman–Crippen MR) is 50.8 cm³/mol. The molecule has 1 aromatic rings. The van der Waals surface area contributed by atoms with E-state index in [-0.39, 0.29) is 24.4 Å². The molecule has 0 saturated carbocycles. The molecule has 2 nitrogen and oxygen atoms in total. The predicted octanol–water partition coefficient (Wildman–Crippen LogP) is 2.30. The van der Waals surface area contributed by atoms with Crippen molar-refractivity contribution in [2.75, 3.05) is 0 Å². The third-order valence-electron chi connectivity index (χ3n) is 1.98. The zero-order valence-electron chi connectivity index (χ0n) is 7.92. The number of aryl methyl sites for hydroxylation is 1. The average Bonchev–Trinajstić information content (AvgIpc) is 2.18. The van der Waals surface area contributed by atoms with E-state index < -0.39 is 0 Å². The van der Waals surface area contributed by atoms with Crippen molar-refractivity contribution < 1.29 is 14.0 Å². The van der Waals surface area contributed by atoms with Crippen molar-refractivity contribution >= 4 is 12.1 Å². The average molecular weight is 194 g/mol. The Morgan fingerprint density at radius 2 is 2.21 bits per heavy atom. The first-order chi connectivity index (χ1) is 6.65. The van der Waals surface area contributed by atoms with E-state index in [4.69, 9.17) is 0 Å². The van der Waals surface area contributed by atoms with Crippen LogP contribution in [0, 0.1) is 12.7 Å². The van der Waals surface area contributed by atoms with Gasteiger partial charge < -0.3 is 4.79 Å². The maximum Gasteiger partial charge on any atom is 0.163 e. The summed E-state index contributed by atoms with van der Waals surface area (Å²) in [6.45, 7) is 1.63. The van der Waals surface area contributed by atoms with Gasteiger partial charge in [0, 0.05) is 18.4 Å². The molecule has 1 aromatic carbocycles. The molecule has 0 aliphatic rings. The Morgan fingerprint density at radius 1 is 1.50 bits per heavy atom. The lowest BCUT2D eigenvalue weighted by Gasteiger charge is -2.00. The molecule has 0 aromatic heterocycles. The lowest BCUT2D eigenvalue weighted by Crippen LogP contribution is -2.00. The molecule has 0 aliphatic heterocycles. The van der Waals surface area contributed by atoms with Crippen LogP contribution < -0.4 is 0 Å². The summed E-state index contributed by atoms with van der Waals surface area (Å²) in [4.78, 5) is 21.4. The summed E-state index contributed by atoms with van der Waals surface area (Å²) < 4.78 is 13.0. The van der Waals surface area contributed by atoms with Gasteiger partial charge in [-0.15, -0.1) is 0 Å². The minimum Gasteiger partial charge on any atom is -0.303 e. The van der Waals surface area contributed by atoms with E-state index in [1.807, 2.05) is 0 Å². The van der Waals surface area contributed by atoms with Crippen LogP contribution in [-0.2, 0) is 4.79 Å². The second kappa shape index (κ2) is 4.65. The molecule has 0 bridgehead atoms. The van der Waals surface area contributed by atoms with Crippen LogP contribution in [0.3, 0.4) is 0 Å². The minimum absolute atomic E-state index is 0.145. The van der Waals surface area contributed by atoms with Gasteiger partial charge in [0.15, 0.2) is 5.78 Å². The highest BCUT2D eigenvalue weighted by molar-refractivity contribution is 5.96. The molecule has 0 N–H and O–H groups in total. The highest BCUT2D eigenvalue weighted by atomic mass is 19.1. The van der Waals surface area contributed by atoms with Gasteiger partial charge in [0.05, 0.1) is 0 Å². The van der Waals surface area contributed by atoms with Gasteiger partial charge in [-0.1, -0.05) is 12.1 Å². The number of aldehydes is 1. The van der Waals surface area contributed by atoms with Crippen LogP contribution in [0.4, 0.5) is 4.39 Å². The third-order valence-corrected chi connectivity index (χ3v) is 1.98. The topological polar surface area (TPSA) is 34.1 Å². The Balaban J connectivity index is 2.80. The highest BCUT2D eigenvalue weighted by Gasteiger charge is 2.07. The summed E-state index contributed by atoms with van der Waals surface area (Å²) in [6, 6.07) is 4.34. The van der Waals surface area contributed by atoms with Crippen LogP contribution in [0.25, 0.3) is 0 Å². The molecule has 0 amide bonds. The molecule has 0 spiro atoms. The fourth-order valence-electron chi connectivity index (χ4n) is 1.10. The zero-order valence-corrected chi connectivity index (χ0v) is 7.92. The van der Waals surface area contributed by atoms with E-state index in [1.165, 1.54) is 6.07 Å². The van der Waals surface area contributed by atoms with E-state index in [2.05, 4.69) is 0 Å². The fraction of sp³-hybridized carbons (Fsp3) is 0.273. The van der Waals surface area contributed by atoms with Crippen LogP contribution in [0.1, 0.15) is 28.8 Å². The van der Waals surface area contributed by atoms with Gasteiger partial charge >= 0.3 is 0 Å². The van der Waals surface area contributed by atoms with Crippen LogP contribution in [-0.4, -0.2) is 12.1 Å². The van der Waals surface area contributed by atoms with Gasteiger partial charge in [-0.2, -0.15) is 0 Å². The van der Waals surface area contributed by atoms with Crippen molar-refractivity contribution in [2.24, 2.45) is 0 Å². The maximum atomic E-state index is 13.0. The molecular formula is C11H11FO2. The number of rotatable bonds is 4. The summed E-state index contributed by atoms with van der Waals surface area (Å²) >= 11 is 0. The quantitative estimate of drug-likeness (QED) is 0.544. The fourth-order valence-corrected chi connectivity index (χ4v) is 1.10. The monoisotopic (exact) mass is 194 g/mol. The number of hydrogen-bond acceptors (Lipinski definition) is 2. The van der Waals surface area contributed by atoms with Crippen molar-refractivity contribution in [1.82, 2.24) is 0 Å². The highest BCUT2D eigenvalue weighted by Crippen LogP contribution is 2.11. The van der Waals surface area contributed by atoms with Crippen LogP contribution in [0.2, 0.25) is 0 Å². The van der Waals surface area contributed by atoms with E-state index >= 15 is 0 Å². The molecule has 1 rings (SSSR count). The molecular weight excluding hydrogens is 183 g/mol. The molecule has 74 valence electrons. The SMILES string of the molecule is Cc1ccc(C(=O)CCC=O)cc1F. The second-order valence-electron chi connectivity index (χ2n) is 3.09. The van der Waals surface area contributed by atoms with Gasteiger partial charge in [-0.3, -0.25) is 4.79 Å². The van der Waals surface area contributed by atoms with Crippen LogP contribution in [0.15, 0.2) is 18.2 Å². The van der Waals surface area contributed by atoms with E-state index in [0.717, 1.165) is 0 Å². The third kappa shape index (κ3) is 2.49. The van der Waals surface area contributed by atoms with Crippen LogP contribution >= 0.6 is 0 Å². The Kier molecular flexibility index (Phi) is 3.51. The normalized spacial score (nSPS) is 9.86. The van der Waals surface area contributed by atoms with E-state index in [9.17, 15) is 14.0 Å². The Hall–Kier alpha value is -1.51. The molecule has 0 aliphatic carbocycles. The first-order valence-electron chi connectivity index (χ1n) is 4.38. The molecule has 0 atom stereocenters. The van der Waals surface area contributed by atoms with E-state index in [0.29, 0.717) is 17.4 Å². The first-order valence-corrected chi connectivity index (χ1v) is 4.38. The molecule has 14 heavy (non-hydrogen) atoms. The molecule has 0 saturated heterocycles. The van der Waals surface area contributed by atoms with Gasteiger partial charge in [0.2, 0.25) is 0 Å². The lowest BCUT2D eigenvalue weighted by atomic mass is 10.1. The molecule has 0 unspecified atom stereocenters. The number of Topliss-reactive ketones (excluding diaryl/α,β-unsaturated/α-hetero) is 1. The number of ketones is 1. The van der Waals surface area contributed by atoms with Crippen molar-refractivity contribution in [3.05, 3.63) is 35.1 Å². The smallest absolute Gasteiger partial charge is 0.163 e. The largest absolute Gasteiger partial charge is 0.303 e. The maximum absolute atomic E-state index is 13.0. The zero-order chi connectivity index (χ0) is 10.6. The van der Waals surface area contributed by atoms with Gasteiger partial charge in [0.25, 0.3) is 0 Å². The summed E-state index contributed by atoms with van der Waals surface area (Å²) in [7, 11) is 0.